The minimum absolute atomic E-state index is 0.0324. The fourth-order valence-corrected chi connectivity index (χ4v) is 4.38. The lowest BCUT2D eigenvalue weighted by molar-refractivity contribution is -0.137. The quantitative estimate of drug-likeness (QED) is 0.542. The van der Waals surface area contributed by atoms with Gasteiger partial charge in [-0.2, -0.15) is 18.4 Å². The maximum atomic E-state index is 14.6. The molecular weight excluding hydrogens is 448 g/mol. The van der Waals surface area contributed by atoms with Gasteiger partial charge in [0.05, 0.1) is 22.9 Å². The predicted molar refractivity (Wildman–Crippen MR) is 110 cm³/mol. The van der Waals surface area contributed by atoms with Crippen LogP contribution in [-0.4, -0.2) is 22.5 Å². The van der Waals surface area contributed by atoms with E-state index in [4.69, 9.17) is 17.5 Å². The van der Waals surface area contributed by atoms with Crippen LogP contribution in [-0.2, 0) is 17.5 Å². The van der Waals surface area contributed by atoms with Crippen molar-refractivity contribution in [1.82, 2.24) is 5.32 Å². The van der Waals surface area contributed by atoms with E-state index in [9.17, 15) is 27.2 Å². The van der Waals surface area contributed by atoms with Gasteiger partial charge in [-0.15, -0.1) is 0 Å². The summed E-state index contributed by atoms with van der Waals surface area (Å²) in [7, 11) is 0. The third-order valence-corrected chi connectivity index (χ3v) is 5.83. The number of halogens is 4. The monoisotopic (exact) mass is 462 g/mol. The number of amides is 2. The Bertz CT molecular complexity index is 1250. The van der Waals surface area contributed by atoms with E-state index in [2.05, 4.69) is 5.32 Å². The Morgan fingerprint density at radius 3 is 2.47 bits per heavy atom. The van der Waals surface area contributed by atoms with Gasteiger partial charge in [0.2, 0.25) is 0 Å². The number of anilines is 2. The van der Waals surface area contributed by atoms with Crippen molar-refractivity contribution < 1.29 is 27.2 Å². The number of carbonyl (C=O) groups is 2. The highest BCUT2D eigenvalue weighted by Gasteiger charge is 2.51. The molecule has 0 spiro atoms. The Morgan fingerprint density at radius 2 is 1.84 bits per heavy atom. The zero-order chi connectivity index (χ0) is 23.6. The molecule has 0 radical (unpaired) electrons. The van der Waals surface area contributed by atoms with Gasteiger partial charge in [0.1, 0.15) is 11.4 Å². The molecule has 164 valence electrons. The molecule has 2 aromatic carbocycles. The first-order chi connectivity index (χ1) is 14.9. The topological polar surface area (TPSA) is 76.4 Å². The second kappa shape index (κ2) is 7.00. The second-order valence-electron chi connectivity index (χ2n) is 7.79. The van der Waals surface area contributed by atoms with E-state index in [1.165, 1.54) is 36.9 Å². The summed E-state index contributed by atoms with van der Waals surface area (Å²) in [6.45, 7) is 3.01. The van der Waals surface area contributed by atoms with Crippen LogP contribution in [0.15, 0.2) is 30.3 Å². The zero-order valence-corrected chi connectivity index (χ0v) is 17.5. The van der Waals surface area contributed by atoms with Crippen molar-refractivity contribution in [3.05, 3.63) is 58.4 Å². The van der Waals surface area contributed by atoms with Crippen LogP contribution in [0.1, 0.15) is 40.9 Å². The number of carbonyl (C=O) groups excluding carboxylic acids is 2. The number of hydrogen-bond donors (Lipinski definition) is 1. The fraction of sp³-hybridized carbons (Fsp3) is 0.238. The minimum atomic E-state index is -4.82. The highest BCUT2D eigenvalue weighted by atomic mass is 32.1. The lowest BCUT2D eigenvalue weighted by Crippen LogP contribution is -2.44. The van der Waals surface area contributed by atoms with Gasteiger partial charge in [0.15, 0.2) is 5.11 Å². The minimum Gasteiger partial charge on any atom is -0.348 e. The lowest BCUT2D eigenvalue weighted by atomic mass is 10.0. The molecule has 11 heteroatoms. The number of nitrogens with zero attached hydrogens (tertiary/aromatic N) is 3. The molecule has 0 unspecified atom stereocenters. The molecule has 0 aliphatic carbocycles. The van der Waals surface area contributed by atoms with Crippen LogP contribution in [0.25, 0.3) is 0 Å². The Kier molecular flexibility index (Phi) is 4.74. The van der Waals surface area contributed by atoms with E-state index in [1.807, 2.05) is 0 Å². The number of benzene rings is 2. The van der Waals surface area contributed by atoms with Gasteiger partial charge in [0, 0.05) is 23.4 Å². The lowest BCUT2D eigenvalue weighted by Gasteiger charge is -2.29. The number of alkyl halides is 3. The van der Waals surface area contributed by atoms with Crippen LogP contribution < -0.4 is 15.1 Å². The third-order valence-electron chi connectivity index (χ3n) is 5.46. The van der Waals surface area contributed by atoms with E-state index in [-0.39, 0.29) is 34.2 Å². The van der Waals surface area contributed by atoms with Gasteiger partial charge >= 0.3 is 6.18 Å². The Hall–Kier alpha value is -3.52. The predicted octanol–water partition coefficient (Wildman–Crippen LogP) is 3.88. The molecule has 1 N–H and O–H groups in total. The maximum Gasteiger partial charge on any atom is 0.417 e. The van der Waals surface area contributed by atoms with Crippen molar-refractivity contribution in [2.24, 2.45) is 0 Å². The van der Waals surface area contributed by atoms with Crippen LogP contribution in [0.4, 0.5) is 28.9 Å². The number of fused-ring (bicyclic) bond motifs is 1. The van der Waals surface area contributed by atoms with Gasteiger partial charge in [-0.3, -0.25) is 14.5 Å². The normalized spacial score (nSPS) is 17.5. The molecule has 32 heavy (non-hydrogen) atoms. The summed E-state index contributed by atoms with van der Waals surface area (Å²) >= 11 is 5.41. The Balaban J connectivity index is 1.83. The number of nitriles is 1. The van der Waals surface area contributed by atoms with Crippen molar-refractivity contribution in [3.63, 3.8) is 0 Å². The molecule has 0 atom stereocenters. The second-order valence-corrected chi connectivity index (χ2v) is 8.16. The van der Waals surface area contributed by atoms with E-state index in [1.54, 1.807) is 0 Å². The summed E-state index contributed by atoms with van der Waals surface area (Å²) < 4.78 is 54.9. The van der Waals surface area contributed by atoms with Crippen molar-refractivity contribution in [2.75, 3.05) is 9.80 Å². The number of rotatable bonds is 2. The Labute approximate surface area is 185 Å². The van der Waals surface area contributed by atoms with Gasteiger partial charge in [-0.25, -0.2) is 4.39 Å². The largest absolute Gasteiger partial charge is 0.417 e. The summed E-state index contributed by atoms with van der Waals surface area (Å²) in [5, 5.41) is 11.3. The summed E-state index contributed by atoms with van der Waals surface area (Å²) in [6.07, 6.45) is -4.82. The van der Waals surface area contributed by atoms with Gasteiger partial charge < -0.3 is 10.2 Å². The zero-order valence-electron chi connectivity index (χ0n) is 16.7. The molecule has 2 amide bonds. The van der Waals surface area contributed by atoms with Crippen molar-refractivity contribution in [3.8, 4) is 6.07 Å². The van der Waals surface area contributed by atoms with Crippen LogP contribution in [0.3, 0.4) is 0 Å². The molecule has 0 aromatic heterocycles. The average Bonchev–Trinajstić information content (AvgIpc) is 3.16. The molecule has 2 aliphatic heterocycles. The Morgan fingerprint density at radius 1 is 1.16 bits per heavy atom. The van der Waals surface area contributed by atoms with Crippen LogP contribution >= 0.6 is 12.2 Å². The third kappa shape index (κ3) is 3.10. The summed E-state index contributed by atoms with van der Waals surface area (Å²) in [5.74, 6) is -1.79. The van der Waals surface area contributed by atoms with Crippen LogP contribution in [0.5, 0.6) is 0 Å². The molecule has 1 fully saturated rings. The molecule has 0 saturated carbocycles. The number of nitrogens with one attached hydrogen (secondary N) is 1. The van der Waals surface area contributed by atoms with E-state index in [0.717, 1.165) is 17.0 Å². The number of thiocarbonyl (C=S) groups is 1. The molecule has 6 nitrogen and oxygen atoms in total. The molecular formula is C21H14F4N4O2S. The molecule has 2 heterocycles. The highest BCUT2D eigenvalue weighted by molar-refractivity contribution is 7.81. The van der Waals surface area contributed by atoms with E-state index < -0.39 is 40.5 Å². The first-order valence-corrected chi connectivity index (χ1v) is 9.69. The van der Waals surface area contributed by atoms with E-state index in [0.29, 0.717) is 6.07 Å². The summed E-state index contributed by atoms with van der Waals surface area (Å²) in [4.78, 5) is 27.4. The molecule has 2 aromatic rings. The average molecular weight is 462 g/mol. The van der Waals surface area contributed by atoms with Gasteiger partial charge in [-0.1, -0.05) is 0 Å². The SMILES string of the molecule is CC1(C)C(=O)N(c2ccc(C#N)c(C(F)(F)F)c2)C(=S)N1c1cc(F)c2c(c1)C(=O)NC2. The van der Waals surface area contributed by atoms with Crippen molar-refractivity contribution in [1.29, 1.82) is 5.26 Å². The fourth-order valence-electron chi connectivity index (χ4n) is 3.86. The number of hydrogen-bond acceptors (Lipinski definition) is 4. The first-order valence-electron chi connectivity index (χ1n) is 9.28. The molecule has 2 aliphatic rings. The summed E-state index contributed by atoms with van der Waals surface area (Å²) in [6, 6.07) is 6.83. The van der Waals surface area contributed by atoms with E-state index >= 15 is 0 Å². The maximum absolute atomic E-state index is 14.6. The smallest absolute Gasteiger partial charge is 0.348 e. The molecule has 1 saturated heterocycles. The molecule has 4 rings (SSSR count). The highest BCUT2D eigenvalue weighted by Crippen LogP contribution is 2.40. The van der Waals surface area contributed by atoms with Gasteiger partial charge in [0.25, 0.3) is 11.8 Å². The first kappa shape index (κ1) is 21.7. The summed E-state index contributed by atoms with van der Waals surface area (Å²) in [5.41, 5.74) is -2.96. The van der Waals surface area contributed by atoms with Crippen LogP contribution in [0.2, 0.25) is 0 Å². The van der Waals surface area contributed by atoms with Gasteiger partial charge in [-0.05, 0) is 56.4 Å². The van der Waals surface area contributed by atoms with Crippen molar-refractivity contribution in [2.45, 2.75) is 32.1 Å². The standard InChI is InChI=1S/C21H14F4N4O2S/c1-20(2)18(31)28(11-4-3-10(8-26)15(6-11)21(23,24)25)19(32)29(20)12-5-13-14(16(22)7-12)9-27-17(13)30/h3-7H,9H2,1-2H3,(H,27,30). The molecule has 0 bridgehead atoms. The van der Waals surface area contributed by atoms with Crippen LogP contribution in [0, 0.1) is 17.1 Å². The van der Waals surface area contributed by atoms with Crippen molar-refractivity contribution >= 4 is 40.5 Å².